The zero-order valence-electron chi connectivity index (χ0n) is 18.1. The van der Waals surface area contributed by atoms with E-state index in [2.05, 4.69) is 27.8 Å². The molecule has 1 aromatic heterocycles. The van der Waals surface area contributed by atoms with Crippen molar-refractivity contribution in [3.05, 3.63) is 69.0 Å². The lowest BCUT2D eigenvalue weighted by atomic mass is 10.0. The number of phenols is 1. The maximum Gasteiger partial charge on any atom is 0.315 e. The van der Waals surface area contributed by atoms with E-state index in [0.29, 0.717) is 31.0 Å². The summed E-state index contributed by atoms with van der Waals surface area (Å²) in [6.45, 7) is 3.54. The lowest BCUT2D eigenvalue weighted by molar-refractivity contribution is -0.386. The molecule has 2 aromatic carbocycles. The molecule has 0 aliphatic rings. The maximum atomic E-state index is 11.5. The van der Waals surface area contributed by atoms with Crippen LogP contribution in [0.3, 0.4) is 0 Å². The first-order chi connectivity index (χ1) is 15.5. The van der Waals surface area contributed by atoms with Crippen LogP contribution in [0.5, 0.6) is 11.5 Å². The highest BCUT2D eigenvalue weighted by molar-refractivity contribution is 5.58. The number of aromatic nitrogens is 4. The number of nitrogens with zero attached hydrogens (tertiary/aromatic N) is 5. The van der Waals surface area contributed by atoms with Crippen LogP contribution < -0.4 is 15.8 Å². The van der Waals surface area contributed by atoms with Gasteiger partial charge in [-0.15, -0.1) is 5.10 Å². The van der Waals surface area contributed by atoms with E-state index in [1.165, 1.54) is 13.2 Å². The SMILES string of the molecule is CCCCn1nnnc1C(NCc1cccc(CN)c1)c1cc(OC)c(O)c([N+](=O)[O-])c1. The van der Waals surface area contributed by atoms with Crippen molar-refractivity contribution in [3.8, 4) is 11.5 Å². The number of methoxy groups -OCH3 is 1. The Balaban J connectivity index is 2.03. The minimum atomic E-state index is -0.650. The Hall–Kier alpha value is -3.57. The topological polar surface area (TPSA) is 154 Å². The lowest BCUT2D eigenvalue weighted by Crippen LogP contribution is -2.26. The molecule has 170 valence electrons. The van der Waals surface area contributed by atoms with Crippen LogP contribution in [0.15, 0.2) is 36.4 Å². The Bertz CT molecular complexity index is 1070. The van der Waals surface area contributed by atoms with Gasteiger partial charge < -0.3 is 15.6 Å². The van der Waals surface area contributed by atoms with Gasteiger partial charge in [-0.25, -0.2) is 4.68 Å². The highest BCUT2D eigenvalue weighted by Crippen LogP contribution is 2.39. The summed E-state index contributed by atoms with van der Waals surface area (Å²) in [4.78, 5) is 10.9. The zero-order chi connectivity index (χ0) is 23.1. The predicted octanol–water partition coefficient (Wildman–Crippen LogP) is 2.43. The summed E-state index contributed by atoms with van der Waals surface area (Å²) in [5, 5.41) is 37.2. The molecule has 0 saturated carbocycles. The number of nitrogens with two attached hydrogens (primary N) is 1. The van der Waals surface area contributed by atoms with E-state index in [1.807, 2.05) is 24.3 Å². The van der Waals surface area contributed by atoms with E-state index in [4.69, 9.17) is 10.5 Å². The molecule has 4 N–H and O–H groups in total. The number of rotatable bonds is 11. The number of hydrogen-bond acceptors (Lipinski definition) is 9. The molecule has 1 atom stereocenters. The Morgan fingerprint density at radius 1 is 1.31 bits per heavy atom. The molecule has 32 heavy (non-hydrogen) atoms. The van der Waals surface area contributed by atoms with Gasteiger partial charge >= 0.3 is 5.69 Å². The van der Waals surface area contributed by atoms with E-state index in [9.17, 15) is 15.2 Å². The second-order valence-electron chi connectivity index (χ2n) is 7.30. The molecular weight excluding hydrogens is 414 g/mol. The Labute approximate surface area is 185 Å². The van der Waals surface area contributed by atoms with Gasteiger partial charge in [-0.2, -0.15) is 0 Å². The van der Waals surface area contributed by atoms with Gasteiger partial charge in [-0.1, -0.05) is 37.6 Å². The van der Waals surface area contributed by atoms with Crippen molar-refractivity contribution in [1.82, 2.24) is 25.5 Å². The van der Waals surface area contributed by atoms with Crippen LogP contribution in [-0.2, 0) is 19.6 Å². The summed E-state index contributed by atoms with van der Waals surface area (Å²) < 4.78 is 6.86. The first-order valence-corrected chi connectivity index (χ1v) is 10.3. The molecule has 0 bridgehead atoms. The van der Waals surface area contributed by atoms with Gasteiger partial charge in [-0.3, -0.25) is 15.4 Å². The molecule has 0 amide bonds. The van der Waals surface area contributed by atoms with E-state index in [1.54, 1.807) is 10.7 Å². The number of benzene rings is 2. The molecule has 11 heteroatoms. The summed E-state index contributed by atoms with van der Waals surface area (Å²) >= 11 is 0. The van der Waals surface area contributed by atoms with Gasteiger partial charge in [-0.05, 0) is 39.6 Å². The number of phenolic OH excluding ortho intramolecular Hbond substituents is 1. The van der Waals surface area contributed by atoms with Gasteiger partial charge in [0.1, 0.15) is 0 Å². The quantitative estimate of drug-likeness (QED) is 0.300. The van der Waals surface area contributed by atoms with Crippen molar-refractivity contribution >= 4 is 5.69 Å². The fourth-order valence-electron chi connectivity index (χ4n) is 3.41. The van der Waals surface area contributed by atoms with Gasteiger partial charge in [0.05, 0.1) is 18.1 Å². The summed E-state index contributed by atoms with van der Waals surface area (Å²) in [6, 6.07) is 10.1. The monoisotopic (exact) mass is 441 g/mol. The molecule has 0 saturated heterocycles. The molecule has 0 aliphatic heterocycles. The van der Waals surface area contributed by atoms with Crippen LogP contribution in [0.1, 0.15) is 48.3 Å². The molecule has 1 unspecified atom stereocenters. The highest BCUT2D eigenvalue weighted by atomic mass is 16.6. The minimum Gasteiger partial charge on any atom is -0.500 e. The van der Waals surface area contributed by atoms with Crippen molar-refractivity contribution < 1.29 is 14.8 Å². The van der Waals surface area contributed by atoms with Crippen molar-refractivity contribution in [2.75, 3.05) is 7.11 Å². The maximum absolute atomic E-state index is 11.5. The first-order valence-electron chi connectivity index (χ1n) is 10.3. The number of nitro groups is 1. The highest BCUT2D eigenvalue weighted by Gasteiger charge is 2.27. The van der Waals surface area contributed by atoms with E-state index in [-0.39, 0.29) is 5.75 Å². The molecule has 1 heterocycles. The molecule has 0 aliphatic carbocycles. The van der Waals surface area contributed by atoms with Crippen molar-refractivity contribution in [2.45, 2.75) is 45.4 Å². The van der Waals surface area contributed by atoms with Gasteiger partial charge in [0, 0.05) is 25.7 Å². The number of nitrogens with one attached hydrogen (secondary N) is 1. The normalized spacial score (nSPS) is 12.0. The molecule has 11 nitrogen and oxygen atoms in total. The standard InChI is InChI=1S/C21H27N7O4/c1-3-4-8-27-21(24-25-26-27)19(23-13-15-7-5-6-14(9-15)12-22)16-10-17(28(30)31)20(29)18(11-16)32-2/h5-7,9-11,19,23,29H,3-4,8,12-13,22H2,1-2H3. The number of aromatic hydroxyl groups is 1. The number of hydrogen-bond donors (Lipinski definition) is 3. The van der Waals surface area contributed by atoms with E-state index >= 15 is 0 Å². The Kier molecular flexibility index (Phi) is 7.68. The van der Waals surface area contributed by atoms with Crippen molar-refractivity contribution in [2.24, 2.45) is 5.73 Å². The fraction of sp³-hybridized carbons (Fsp3) is 0.381. The van der Waals surface area contributed by atoms with Gasteiger partial charge in [0.2, 0.25) is 5.75 Å². The van der Waals surface area contributed by atoms with Crippen LogP contribution in [0.2, 0.25) is 0 Å². The fourth-order valence-corrected chi connectivity index (χ4v) is 3.41. The average molecular weight is 441 g/mol. The molecule has 3 rings (SSSR count). The van der Waals surface area contributed by atoms with Crippen LogP contribution in [0, 0.1) is 10.1 Å². The second kappa shape index (κ2) is 10.6. The third kappa shape index (κ3) is 5.18. The largest absolute Gasteiger partial charge is 0.500 e. The van der Waals surface area contributed by atoms with E-state index in [0.717, 1.165) is 24.0 Å². The summed E-state index contributed by atoms with van der Waals surface area (Å²) in [7, 11) is 1.34. The minimum absolute atomic E-state index is 0.00119. The summed E-state index contributed by atoms with van der Waals surface area (Å²) in [5.41, 5.74) is 7.78. The molecule has 0 spiro atoms. The van der Waals surface area contributed by atoms with Crippen LogP contribution in [0.25, 0.3) is 0 Å². The van der Waals surface area contributed by atoms with E-state index < -0.39 is 22.4 Å². The lowest BCUT2D eigenvalue weighted by Gasteiger charge is -2.20. The van der Waals surface area contributed by atoms with Crippen LogP contribution in [-0.4, -0.2) is 37.3 Å². The first kappa shape index (κ1) is 23.1. The van der Waals surface area contributed by atoms with Gasteiger partial charge in [0.25, 0.3) is 0 Å². The Morgan fingerprint density at radius 3 is 2.78 bits per heavy atom. The van der Waals surface area contributed by atoms with Gasteiger partial charge in [0.15, 0.2) is 11.6 Å². The molecular formula is C21H27N7O4. The van der Waals surface area contributed by atoms with Crippen molar-refractivity contribution in [1.29, 1.82) is 0 Å². The van der Waals surface area contributed by atoms with Crippen LogP contribution in [0.4, 0.5) is 5.69 Å². The second-order valence-corrected chi connectivity index (χ2v) is 7.30. The smallest absolute Gasteiger partial charge is 0.315 e. The number of aryl methyl sites for hydroxylation is 1. The summed E-state index contributed by atoms with van der Waals surface area (Å²) in [5.74, 6) is -0.0181. The average Bonchev–Trinajstić information content (AvgIpc) is 3.26. The third-order valence-corrected chi connectivity index (χ3v) is 5.11. The van der Waals surface area contributed by atoms with Crippen molar-refractivity contribution in [3.63, 3.8) is 0 Å². The molecule has 0 fully saturated rings. The molecule has 0 radical (unpaired) electrons. The number of nitro benzene ring substituents is 1. The number of unbranched alkanes of at least 4 members (excludes halogenated alkanes) is 1. The zero-order valence-corrected chi connectivity index (χ0v) is 18.1. The summed E-state index contributed by atoms with van der Waals surface area (Å²) in [6.07, 6.45) is 1.84. The number of tetrazole rings is 1. The number of ether oxygens (including phenoxy) is 1. The molecule has 3 aromatic rings. The van der Waals surface area contributed by atoms with Crippen LogP contribution >= 0.6 is 0 Å². The predicted molar refractivity (Wildman–Crippen MR) is 117 cm³/mol. The Morgan fingerprint density at radius 2 is 2.09 bits per heavy atom. The third-order valence-electron chi connectivity index (χ3n) is 5.11.